The van der Waals surface area contributed by atoms with E-state index in [0.717, 1.165) is 18.5 Å². The molecule has 0 aromatic heterocycles. The van der Waals surface area contributed by atoms with Crippen molar-refractivity contribution in [2.24, 2.45) is 5.92 Å². The van der Waals surface area contributed by atoms with Gasteiger partial charge in [0.15, 0.2) is 0 Å². The summed E-state index contributed by atoms with van der Waals surface area (Å²) in [4.78, 5) is 13.4. The number of piperidine rings is 1. The van der Waals surface area contributed by atoms with Gasteiger partial charge < -0.3 is 11.4 Å². The van der Waals surface area contributed by atoms with E-state index in [1.807, 2.05) is 31.3 Å². The first-order valence-corrected chi connectivity index (χ1v) is 6.12. The molecule has 1 aromatic rings. The van der Waals surface area contributed by atoms with Crippen molar-refractivity contribution >= 4 is 17.6 Å². The minimum absolute atomic E-state index is 0. The average molecular weight is 262 g/mol. The Morgan fingerprint density at radius 2 is 2.06 bits per heavy atom. The Balaban J connectivity index is 0.00000162. The predicted octanol–water partition coefficient (Wildman–Crippen LogP) is -0.424. The molecule has 1 saturated heterocycles. The third kappa shape index (κ3) is 3.52. The molecule has 0 saturated carbocycles. The first kappa shape index (κ1) is 15.6. The van der Waals surface area contributed by atoms with E-state index in [4.69, 9.17) is 11.6 Å². The monoisotopic (exact) mass is 261 g/mol. The van der Waals surface area contributed by atoms with Gasteiger partial charge in [0, 0.05) is 11.6 Å². The molecular weight excluding hydrogens is 245 g/mol. The maximum atomic E-state index is 11.3. The van der Waals surface area contributed by atoms with Gasteiger partial charge in [-0.25, -0.2) is 0 Å². The number of rotatable bonds is 2. The van der Waals surface area contributed by atoms with E-state index in [1.165, 1.54) is 0 Å². The van der Waals surface area contributed by atoms with Gasteiger partial charge in [-0.15, -0.1) is 0 Å². The summed E-state index contributed by atoms with van der Waals surface area (Å²) >= 11 is 5.85. The number of carboxylic acid groups (broad SMARTS) is 1. The molecule has 1 aliphatic heterocycles. The van der Waals surface area contributed by atoms with Crippen molar-refractivity contribution in [2.75, 3.05) is 20.1 Å². The van der Waals surface area contributed by atoms with Crippen LogP contribution in [0.3, 0.4) is 0 Å². The number of likely N-dealkylation sites (tertiary alicyclic amines) is 1. The van der Waals surface area contributed by atoms with E-state index in [-0.39, 0.29) is 32.1 Å². The number of carboxylic acids is 1. The van der Waals surface area contributed by atoms with Gasteiger partial charge in [-0.05, 0) is 43.6 Å². The number of nitrogens with zero attached hydrogens (tertiary/aromatic N) is 1. The van der Waals surface area contributed by atoms with Gasteiger partial charge >= 0.3 is 24.8 Å². The molecule has 1 heterocycles. The van der Waals surface area contributed by atoms with Crippen molar-refractivity contribution in [3.05, 3.63) is 34.9 Å². The molecule has 0 radical (unpaired) electrons. The molecule has 2 rings (SSSR count). The molecule has 94 valence electrons. The van der Waals surface area contributed by atoms with Crippen molar-refractivity contribution in [1.82, 2.24) is 4.90 Å². The van der Waals surface area contributed by atoms with E-state index >= 15 is 0 Å². The Hall–Kier alpha value is -0.463. The molecule has 2 atom stereocenters. The van der Waals surface area contributed by atoms with Crippen LogP contribution in [-0.2, 0) is 4.79 Å². The van der Waals surface area contributed by atoms with Crippen LogP contribution in [0, 0.1) is 5.92 Å². The van der Waals surface area contributed by atoms with Gasteiger partial charge in [-0.1, -0.05) is 23.7 Å². The molecule has 1 aromatic carbocycles. The summed E-state index contributed by atoms with van der Waals surface area (Å²) in [6.07, 6.45) is 0.884. The van der Waals surface area contributed by atoms with Crippen molar-refractivity contribution in [3.63, 3.8) is 0 Å². The second kappa shape index (κ2) is 6.63. The number of benzene rings is 1. The fourth-order valence-corrected chi connectivity index (χ4v) is 2.60. The second-order valence-electron chi connectivity index (χ2n) is 4.65. The van der Waals surface area contributed by atoms with Gasteiger partial charge in [0.2, 0.25) is 0 Å². The van der Waals surface area contributed by atoms with Crippen LogP contribution in [0.25, 0.3) is 0 Å². The SMILES string of the molecule is CN1CCC(c2ccc(Cl)cc2)C(C(=O)O)C1.[H-].[Li+]. The van der Waals surface area contributed by atoms with Gasteiger partial charge in [0.05, 0.1) is 5.92 Å². The minimum atomic E-state index is -0.712. The van der Waals surface area contributed by atoms with E-state index in [0.29, 0.717) is 11.6 Å². The molecule has 5 heteroatoms. The van der Waals surface area contributed by atoms with Crippen LogP contribution in [-0.4, -0.2) is 36.1 Å². The fraction of sp³-hybridized carbons (Fsp3) is 0.462. The molecule has 0 aliphatic carbocycles. The van der Waals surface area contributed by atoms with Crippen molar-refractivity contribution < 1.29 is 30.2 Å². The predicted molar refractivity (Wildman–Crippen MR) is 68.5 cm³/mol. The third-order valence-electron chi connectivity index (χ3n) is 3.43. The van der Waals surface area contributed by atoms with E-state index in [1.54, 1.807) is 0 Å². The first-order valence-electron chi connectivity index (χ1n) is 5.74. The standard InChI is InChI=1S/C13H16ClNO2.Li.H/c1-15-7-6-11(12(8-15)13(16)17)9-2-4-10(14)5-3-9;;/h2-5,11-12H,6-8H2,1H3,(H,16,17);;/q;+1;-1. The molecule has 1 aliphatic rings. The van der Waals surface area contributed by atoms with E-state index < -0.39 is 5.97 Å². The third-order valence-corrected chi connectivity index (χ3v) is 3.68. The van der Waals surface area contributed by atoms with Crippen molar-refractivity contribution in [3.8, 4) is 0 Å². The minimum Gasteiger partial charge on any atom is -1.00 e. The molecule has 0 spiro atoms. The molecule has 3 nitrogen and oxygen atoms in total. The van der Waals surface area contributed by atoms with Gasteiger partial charge in [-0.3, -0.25) is 4.79 Å². The second-order valence-corrected chi connectivity index (χ2v) is 5.09. The zero-order chi connectivity index (χ0) is 12.4. The van der Waals surface area contributed by atoms with Crippen LogP contribution < -0.4 is 18.9 Å². The van der Waals surface area contributed by atoms with Crippen LogP contribution in [0.1, 0.15) is 19.3 Å². The molecule has 1 fully saturated rings. The van der Waals surface area contributed by atoms with Crippen LogP contribution in [0.4, 0.5) is 0 Å². The molecule has 1 N–H and O–H groups in total. The summed E-state index contributed by atoms with van der Waals surface area (Å²) in [6, 6.07) is 7.53. The Morgan fingerprint density at radius 3 is 2.61 bits per heavy atom. The van der Waals surface area contributed by atoms with Crippen LogP contribution >= 0.6 is 11.6 Å². The quantitative estimate of drug-likeness (QED) is 0.735. The molecule has 0 bridgehead atoms. The van der Waals surface area contributed by atoms with Gasteiger partial charge in [0.25, 0.3) is 0 Å². The number of halogens is 1. The summed E-state index contributed by atoms with van der Waals surface area (Å²) in [5, 5.41) is 9.98. The zero-order valence-electron chi connectivity index (χ0n) is 11.8. The van der Waals surface area contributed by atoms with Gasteiger partial charge in [-0.2, -0.15) is 0 Å². The molecule has 0 amide bonds. The van der Waals surface area contributed by atoms with Gasteiger partial charge in [0.1, 0.15) is 0 Å². The number of hydrogen-bond donors (Lipinski definition) is 1. The van der Waals surface area contributed by atoms with Crippen molar-refractivity contribution in [1.29, 1.82) is 0 Å². The summed E-state index contributed by atoms with van der Waals surface area (Å²) in [5.41, 5.74) is 1.08. The summed E-state index contributed by atoms with van der Waals surface area (Å²) in [5.74, 6) is -0.938. The van der Waals surface area contributed by atoms with Crippen molar-refractivity contribution in [2.45, 2.75) is 12.3 Å². The number of carbonyl (C=O) groups is 1. The molecule has 18 heavy (non-hydrogen) atoms. The summed E-state index contributed by atoms with van der Waals surface area (Å²) < 4.78 is 0. The topological polar surface area (TPSA) is 40.5 Å². The largest absolute Gasteiger partial charge is 1.00 e. The number of hydrogen-bond acceptors (Lipinski definition) is 2. The smallest absolute Gasteiger partial charge is 1.00 e. The maximum Gasteiger partial charge on any atom is 1.00 e. The van der Waals surface area contributed by atoms with E-state index in [2.05, 4.69) is 4.90 Å². The Kier molecular flexibility index (Phi) is 5.74. The summed E-state index contributed by atoms with van der Waals surface area (Å²) in [6.45, 7) is 1.56. The van der Waals surface area contributed by atoms with E-state index in [9.17, 15) is 9.90 Å². The zero-order valence-corrected chi connectivity index (χ0v) is 11.5. The maximum absolute atomic E-state index is 11.3. The van der Waals surface area contributed by atoms with Crippen LogP contribution in [0.5, 0.6) is 0 Å². The number of aliphatic carboxylic acids is 1. The Labute approximate surface area is 126 Å². The summed E-state index contributed by atoms with van der Waals surface area (Å²) in [7, 11) is 1.97. The molecular formula is C13H17ClLiNO2. The Morgan fingerprint density at radius 1 is 1.44 bits per heavy atom. The average Bonchev–Trinajstić information content (AvgIpc) is 2.30. The van der Waals surface area contributed by atoms with Crippen LogP contribution in [0.15, 0.2) is 24.3 Å². The fourth-order valence-electron chi connectivity index (χ4n) is 2.47. The van der Waals surface area contributed by atoms with Crippen LogP contribution in [0.2, 0.25) is 5.02 Å². The Bertz CT molecular complexity index is 416. The first-order chi connectivity index (χ1) is 8.08. The normalized spacial score (nSPS) is 24.3. The molecule has 2 unspecified atom stereocenters.